The van der Waals surface area contributed by atoms with Gasteiger partial charge in [0.1, 0.15) is 11.6 Å². The second kappa shape index (κ2) is 7.99. The van der Waals surface area contributed by atoms with E-state index in [-0.39, 0.29) is 22.0 Å². The molecule has 1 aliphatic rings. The number of hydrogen-bond acceptors (Lipinski definition) is 4. The van der Waals surface area contributed by atoms with Gasteiger partial charge >= 0.3 is 0 Å². The largest absolute Gasteiger partial charge is 0.468 e. The standard InChI is InChI=1S/C17H20BrFN2O3S/c18-14-11-13(19)6-7-17(14)25(22,23)20-12-15(16-5-4-10-24-16)21-8-2-1-3-9-21/h4-7,10-11,15,20H,1-3,8-9,12H2. The van der Waals surface area contributed by atoms with Crippen LogP contribution in [0.5, 0.6) is 0 Å². The highest BCUT2D eigenvalue weighted by atomic mass is 79.9. The molecule has 136 valence electrons. The van der Waals surface area contributed by atoms with Crippen molar-refractivity contribution in [2.24, 2.45) is 0 Å². The molecule has 1 fully saturated rings. The number of hydrogen-bond donors (Lipinski definition) is 1. The summed E-state index contributed by atoms with van der Waals surface area (Å²) >= 11 is 3.12. The Hall–Kier alpha value is -1.22. The van der Waals surface area contributed by atoms with Crippen molar-refractivity contribution < 1.29 is 17.2 Å². The topological polar surface area (TPSA) is 62.6 Å². The second-order valence-electron chi connectivity index (χ2n) is 6.05. The molecule has 0 radical (unpaired) electrons. The monoisotopic (exact) mass is 430 g/mol. The van der Waals surface area contributed by atoms with Crippen molar-refractivity contribution in [3.63, 3.8) is 0 Å². The zero-order valence-electron chi connectivity index (χ0n) is 13.6. The third-order valence-corrected chi connectivity index (χ3v) is 6.75. The lowest BCUT2D eigenvalue weighted by Gasteiger charge is -2.33. The molecule has 0 aliphatic carbocycles. The normalized spacial score (nSPS) is 17.5. The minimum atomic E-state index is -3.76. The van der Waals surface area contributed by atoms with E-state index in [1.54, 1.807) is 12.3 Å². The van der Waals surface area contributed by atoms with Crippen LogP contribution in [0.3, 0.4) is 0 Å². The summed E-state index contributed by atoms with van der Waals surface area (Å²) in [6, 6.07) is 7.03. The van der Waals surface area contributed by atoms with Crippen LogP contribution in [0, 0.1) is 5.82 Å². The summed E-state index contributed by atoms with van der Waals surface area (Å²) in [6.07, 6.45) is 4.97. The van der Waals surface area contributed by atoms with Gasteiger partial charge in [-0.2, -0.15) is 0 Å². The third kappa shape index (κ3) is 4.49. The third-order valence-electron chi connectivity index (χ3n) is 4.35. The Labute approximate surface area is 155 Å². The molecule has 1 aromatic carbocycles. The Morgan fingerprint density at radius 2 is 2.00 bits per heavy atom. The molecule has 0 saturated carbocycles. The minimum Gasteiger partial charge on any atom is -0.468 e. The van der Waals surface area contributed by atoms with Gasteiger partial charge in [0.25, 0.3) is 0 Å². The number of nitrogens with one attached hydrogen (secondary N) is 1. The van der Waals surface area contributed by atoms with Crippen molar-refractivity contribution in [2.45, 2.75) is 30.2 Å². The van der Waals surface area contributed by atoms with Crippen LogP contribution >= 0.6 is 15.9 Å². The summed E-state index contributed by atoms with van der Waals surface area (Å²) < 4.78 is 46.8. The van der Waals surface area contributed by atoms with E-state index in [1.165, 1.54) is 12.5 Å². The van der Waals surface area contributed by atoms with Crippen LogP contribution in [0.15, 0.2) is 50.4 Å². The highest BCUT2D eigenvalue weighted by molar-refractivity contribution is 9.10. The first-order chi connectivity index (χ1) is 12.0. The van der Waals surface area contributed by atoms with Crippen LogP contribution in [0.4, 0.5) is 4.39 Å². The van der Waals surface area contributed by atoms with E-state index in [9.17, 15) is 12.8 Å². The molecule has 2 aromatic rings. The van der Waals surface area contributed by atoms with Gasteiger partial charge in [-0.05, 0) is 72.2 Å². The molecule has 1 unspecified atom stereocenters. The maximum atomic E-state index is 13.2. The van der Waals surface area contributed by atoms with Crippen molar-refractivity contribution in [2.75, 3.05) is 19.6 Å². The highest BCUT2D eigenvalue weighted by Crippen LogP contribution is 2.26. The van der Waals surface area contributed by atoms with Gasteiger partial charge in [0.15, 0.2) is 0 Å². The maximum Gasteiger partial charge on any atom is 0.241 e. The first-order valence-electron chi connectivity index (χ1n) is 8.19. The van der Waals surface area contributed by atoms with Crippen molar-refractivity contribution in [3.8, 4) is 0 Å². The van der Waals surface area contributed by atoms with Crippen LogP contribution in [-0.4, -0.2) is 33.0 Å². The number of nitrogens with zero attached hydrogens (tertiary/aromatic N) is 1. The molecule has 1 aromatic heterocycles. The number of furan rings is 1. The Kier molecular flexibility index (Phi) is 5.93. The smallest absolute Gasteiger partial charge is 0.241 e. The predicted octanol–water partition coefficient (Wildman–Crippen LogP) is 3.69. The first-order valence-corrected chi connectivity index (χ1v) is 10.5. The zero-order chi connectivity index (χ0) is 17.9. The average molecular weight is 431 g/mol. The van der Waals surface area contributed by atoms with Gasteiger partial charge in [-0.3, -0.25) is 4.90 Å². The molecular formula is C17H20BrFN2O3S. The van der Waals surface area contributed by atoms with Crippen LogP contribution < -0.4 is 4.72 Å². The molecule has 1 saturated heterocycles. The van der Waals surface area contributed by atoms with Gasteiger partial charge in [0, 0.05) is 11.0 Å². The van der Waals surface area contributed by atoms with E-state index in [4.69, 9.17) is 4.42 Å². The van der Waals surface area contributed by atoms with Crippen molar-refractivity contribution >= 4 is 26.0 Å². The summed E-state index contributed by atoms with van der Waals surface area (Å²) in [4.78, 5) is 2.26. The fraction of sp³-hybridized carbons (Fsp3) is 0.412. The van der Waals surface area contributed by atoms with Crippen molar-refractivity contribution in [3.05, 3.63) is 52.6 Å². The van der Waals surface area contributed by atoms with Crippen LogP contribution in [-0.2, 0) is 10.0 Å². The lowest BCUT2D eigenvalue weighted by Crippen LogP contribution is -2.40. The SMILES string of the molecule is O=S(=O)(NCC(c1ccco1)N1CCCCC1)c1ccc(F)cc1Br. The average Bonchev–Trinajstić information content (AvgIpc) is 3.10. The Bertz CT molecular complexity index is 805. The van der Waals surface area contributed by atoms with Gasteiger partial charge in [0.2, 0.25) is 10.0 Å². The minimum absolute atomic E-state index is 0.0192. The number of piperidine rings is 1. The number of benzene rings is 1. The van der Waals surface area contributed by atoms with E-state index in [2.05, 4.69) is 25.6 Å². The van der Waals surface area contributed by atoms with Gasteiger partial charge < -0.3 is 4.42 Å². The van der Waals surface area contributed by atoms with Gasteiger partial charge in [0.05, 0.1) is 17.2 Å². The lowest BCUT2D eigenvalue weighted by atomic mass is 10.1. The van der Waals surface area contributed by atoms with E-state index in [0.29, 0.717) is 0 Å². The van der Waals surface area contributed by atoms with E-state index in [1.807, 2.05) is 6.07 Å². The fourth-order valence-electron chi connectivity index (χ4n) is 3.08. The molecule has 8 heteroatoms. The molecule has 1 atom stereocenters. The Morgan fingerprint density at radius 1 is 1.24 bits per heavy atom. The van der Waals surface area contributed by atoms with E-state index >= 15 is 0 Å². The van der Waals surface area contributed by atoms with Crippen LogP contribution in [0.2, 0.25) is 0 Å². The van der Waals surface area contributed by atoms with Crippen LogP contribution in [0.25, 0.3) is 0 Å². The van der Waals surface area contributed by atoms with Gasteiger partial charge in [-0.1, -0.05) is 6.42 Å². The van der Waals surface area contributed by atoms with Crippen molar-refractivity contribution in [1.82, 2.24) is 9.62 Å². The number of halogens is 2. The van der Waals surface area contributed by atoms with Crippen LogP contribution in [0.1, 0.15) is 31.1 Å². The first kappa shape index (κ1) is 18.6. The quantitative estimate of drug-likeness (QED) is 0.758. The molecule has 25 heavy (non-hydrogen) atoms. The van der Waals surface area contributed by atoms with Gasteiger partial charge in [-0.15, -0.1) is 0 Å². The van der Waals surface area contributed by atoms with Crippen molar-refractivity contribution in [1.29, 1.82) is 0 Å². The molecular weight excluding hydrogens is 411 g/mol. The summed E-state index contributed by atoms with van der Waals surface area (Å²) in [5.41, 5.74) is 0. The summed E-state index contributed by atoms with van der Waals surface area (Å²) in [5, 5.41) is 0. The van der Waals surface area contributed by atoms with E-state index in [0.717, 1.165) is 43.8 Å². The molecule has 0 bridgehead atoms. The molecule has 1 aliphatic heterocycles. The number of sulfonamides is 1. The summed E-state index contributed by atoms with van der Waals surface area (Å²) in [5.74, 6) is 0.246. The highest BCUT2D eigenvalue weighted by Gasteiger charge is 2.27. The summed E-state index contributed by atoms with van der Waals surface area (Å²) in [6.45, 7) is 2.01. The van der Waals surface area contributed by atoms with Gasteiger partial charge in [-0.25, -0.2) is 17.5 Å². The molecule has 1 N–H and O–H groups in total. The second-order valence-corrected chi connectivity index (χ2v) is 8.64. The fourth-order valence-corrected chi connectivity index (χ4v) is 5.17. The predicted molar refractivity (Wildman–Crippen MR) is 96.2 cm³/mol. The molecule has 5 nitrogen and oxygen atoms in total. The number of rotatable bonds is 6. The molecule has 2 heterocycles. The zero-order valence-corrected chi connectivity index (χ0v) is 16.0. The van der Waals surface area contributed by atoms with E-state index < -0.39 is 15.8 Å². The molecule has 3 rings (SSSR count). The summed E-state index contributed by atoms with van der Waals surface area (Å²) in [7, 11) is -3.76. The lowest BCUT2D eigenvalue weighted by molar-refractivity contribution is 0.147. The molecule has 0 spiro atoms. The Balaban J connectivity index is 1.78. The Morgan fingerprint density at radius 3 is 2.64 bits per heavy atom. The number of likely N-dealkylation sites (tertiary alicyclic amines) is 1. The maximum absolute atomic E-state index is 13.2. The molecule has 0 amide bonds.